The lowest BCUT2D eigenvalue weighted by Gasteiger charge is -2.25. The van der Waals surface area contributed by atoms with Crippen LogP contribution in [0.3, 0.4) is 0 Å². The summed E-state index contributed by atoms with van der Waals surface area (Å²) in [5.41, 5.74) is 11.3. The molecule has 0 fully saturated rings. The zero-order valence-electron chi connectivity index (χ0n) is 27.8. The van der Waals surface area contributed by atoms with E-state index in [4.69, 9.17) is 4.98 Å². The molecule has 0 bridgehead atoms. The average molecular weight is 661 g/mol. The van der Waals surface area contributed by atoms with Crippen LogP contribution in [-0.4, -0.2) is 9.38 Å². The number of pyridine rings is 1. The molecule has 0 saturated carbocycles. The number of fused-ring (bicyclic) bond motifs is 11. The van der Waals surface area contributed by atoms with Crippen LogP contribution in [0, 0.1) is 0 Å². The van der Waals surface area contributed by atoms with E-state index in [9.17, 15) is 0 Å². The molecule has 1 aliphatic rings. The lowest BCUT2D eigenvalue weighted by Crippen LogP contribution is -2.26. The Kier molecular flexibility index (Phi) is 6.20. The van der Waals surface area contributed by atoms with Crippen molar-refractivity contribution in [1.82, 2.24) is 9.38 Å². The highest BCUT2D eigenvalue weighted by Crippen LogP contribution is 2.52. The van der Waals surface area contributed by atoms with Crippen molar-refractivity contribution in [3.8, 4) is 22.3 Å². The fourth-order valence-electron chi connectivity index (χ4n) is 8.31. The summed E-state index contributed by atoms with van der Waals surface area (Å²) in [5, 5.41) is 6.13. The van der Waals surface area contributed by atoms with Gasteiger partial charge in [-0.2, -0.15) is 0 Å². The molecule has 0 saturated heterocycles. The summed E-state index contributed by atoms with van der Waals surface area (Å²) in [6.45, 7) is 4.60. The first kappa shape index (κ1) is 29.2. The first-order valence-electron chi connectivity index (χ1n) is 17.2. The highest BCUT2D eigenvalue weighted by molar-refractivity contribution is 7.85. The third kappa shape index (κ3) is 4.05. The van der Waals surface area contributed by atoms with Crippen molar-refractivity contribution in [1.29, 1.82) is 0 Å². The maximum Gasteiger partial charge on any atom is 0.171 e. The molecule has 238 valence electrons. The molecule has 0 amide bonds. The van der Waals surface area contributed by atoms with Gasteiger partial charge >= 0.3 is 0 Å². The molecule has 2 aromatic heterocycles. The largest absolute Gasteiger partial charge is 0.309 e. The lowest BCUT2D eigenvalue weighted by molar-refractivity contribution is 0.592. The van der Waals surface area contributed by atoms with E-state index in [1.54, 1.807) is 0 Å². The van der Waals surface area contributed by atoms with Gasteiger partial charge in [0.25, 0.3) is 0 Å². The van der Waals surface area contributed by atoms with E-state index in [2.05, 4.69) is 121 Å². The minimum atomic E-state index is -3.10. The number of para-hydroxylation sites is 3. The van der Waals surface area contributed by atoms with Gasteiger partial charge in [0, 0.05) is 32.1 Å². The Labute approximate surface area is 290 Å². The van der Waals surface area contributed by atoms with Crippen molar-refractivity contribution >= 4 is 61.4 Å². The molecule has 1 aliphatic carbocycles. The molecule has 4 heteroatoms. The monoisotopic (exact) mass is 660 g/mol. The van der Waals surface area contributed by atoms with Crippen LogP contribution in [0.5, 0.6) is 0 Å². The number of rotatable bonds is 4. The summed E-state index contributed by atoms with van der Waals surface area (Å²) in [5.74, 6) is 0. The van der Waals surface area contributed by atoms with Crippen molar-refractivity contribution in [3.05, 3.63) is 175 Å². The summed E-state index contributed by atoms with van der Waals surface area (Å²) in [6.07, 6.45) is 0. The van der Waals surface area contributed by atoms with Crippen LogP contribution in [0.15, 0.2) is 164 Å². The quantitative estimate of drug-likeness (QED) is 0.139. The normalized spacial score (nSPS) is 13.6. The molecular formula is C46H33N2OP. The van der Waals surface area contributed by atoms with E-state index in [0.717, 1.165) is 49.1 Å². The van der Waals surface area contributed by atoms with E-state index in [1.807, 2.05) is 60.7 Å². The van der Waals surface area contributed by atoms with Gasteiger partial charge in [0.05, 0.1) is 16.6 Å². The Morgan fingerprint density at radius 1 is 0.500 bits per heavy atom. The Morgan fingerprint density at radius 3 is 1.82 bits per heavy atom. The highest BCUT2D eigenvalue weighted by atomic mass is 31.2. The molecule has 9 aromatic rings. The smallest absolute Gasteiger partial charge is 0.171 e. The van der Waals surface area contributed by atoms with Crippen LogP contribution in [0.25, 0.3) is 60.6 Å². The van der Waals surface area contributed by atoms with E-state index < -0.39 is 7.14 Å². The van der Waals surface area contributed by atoms with Crippen LogP contribution in [0.2, 0.25) is 0 Å². The van der Waals surface area contributed by atoms with E-state index in [-0.39, 0.29) is 5.41 Å². The van der Waals surface area contributed by atoms with Crippen molar-refractivity contribution in [2.75, 3.05) is 0 Å². The minimum absolute atomic E-state index is 0.282. The third-order valence-electron chi connectivity index (χ3n) is 10.9. The molecule has 0 atom stereocenters. The van der Waals surface area contributed by atoms with Gasteiger partial charge in [-0.15, -0.1) is 0 Å². The van der Waals surface area contributed by atoms with E-state index in [0.29, 0.717) is 0 Å². The van der Waals surface area contributed by atoms with Gasteiger partial charge in [0.2, 0.25) is 0 Å². The van der Waals surface area contributed by atoms with Crippen molar-refractivity contribution in [2.45, 2.75) is 19.3 Å². The summed E-state index contributed by atoms with van der Waals surface area (Å²) < 4.78 is 17.6. The molecule has 0 aliphatic heterocycles. The minimum Gasteiger partial charge on any atom is -0.309 e. The number of hydrogen-bond acceptors (Lipinski definition) is 2. The number of hydrogen-bond donors (Lipinski definition) is 0. The van der Waals surface area contributed by atoms with Gasteiger partial charge in [0.1, 0.15) is 5.65 Å². The first-order chi connectivity index (χ1) is 24.4. The summed E-state index contributed by atoms with van der Waals surface area (Å²) in [6, 6.07) is 57.1. The van der Waals surface area contributed by atoms with Crippen LogP contribution in [0.1, 0.15) is 25.0 Å². The molecule has 0 unspecified atom stereocenters. The fourth-order valence-corrected chi connectivity index (χ4v) is 11.0. The number of imidazole rings is 1. The van der Waals surface area contributed by atoms with Gasteiger partial charge in [-0.1, -0.05) is 141 Å². The Hall–Kier alpha value is -5.76. The molecule has 3 nitrogen and oxygen atoms in total. The van der Waals surface area contributed by atoms with Gasteiger partial charge in [0.15, 0.2) is 7.14 Å². The van der Waals surface area contributed by atoms with Gasteiger partial charge in [-0.3, -0.25) is 4.40 Å². The SMILES string of the molecule is CC1(C)c2cc(-c3ccc4c5ccccc5n5c6ccccc6nc5c4c3)ccc2-c2ccc(P(=O)(c3ccccc3)c3ccccc3)cc21. The highest BCUT2D eigenvalue weighted by Gasteiger charge is 2.38. The van der Waals surface area contributed by atoms with Crippen LogP contribution in [0.4, 0.5) is 0 Å². The van der Waals surface area contributed by atoms with Gasteiger partial charge in [-0.25, -0.2) is 4.98 Å². The Morgan fingerprint density at radius 2 is 1.08 bits per heavy atom. The number of aromatic nitrogens is 2. The molecule has 7 aromatic carbocycles. The van der Waals surface area contributed by atoms with E-state index in [1.165, 1.54) is 38.6 Å². The first-order valence-corrected chi connectivity index (χ1v) is 18.9. The second kappa shape index (κ2) is 10.6. The second-order valence-corrected chi connectivity index (χ2v) is 16.7. The zero-order chi connectivity index (χ0) is 33.6. The topological polar surface area (TPSA) is 34.4 Å². The summed E-state index contributed by atoms with van der Waals surface area (Å²) >= 11 is 0. The molecule has 50 heavy (non-hydrogen) atoms. The summed E-state index contributed by atoms with van der Waals surface area (Å²) in [7, 11) is -3.10. The standard InChI is InChI=1S/C46H33N2OP/c1-46(2)40-28-31(30-21-24-35-38-17-9-11-19-43(38)48-44-20-12-10-18-42(44)47-45(48)39(35)27-30)22-25-36(40)37-26-23-34(29-41(37)46)50(49,32-13-5-3-6-14-32)33-15-7-4-8-16-33/h3-29H,1-2H3. The number of benzene rings is 7. The molecule has 2 heterocycles. The third-order valence-corrected chi connectivity index (χ3v) is 13.9. The Balaban J connectivity index is 1.12. The van der Waals surface area contributed by atoms with Crippen molar-refractivity contribution in [2.24, 2.45) is 0 Å². The average Bonchev–Trinajstić information content (AvgIpc) is 3.68. The fraction of sp³-hybridized carbons (Fsp3) is 0.0652. The molecule has 0 radical (unpaired) electrons. The van der Waals surface area contributed by atoms with Crippen molar-refractivity contribution in [3.63, 3.8) is 0 Å². The van der Waals surface area contributed by atoms with Crippen LogP contribution >= 0.6 is 7.14 Å². The van der Waals surface area contributed by atoms with Crippen LogP contribution < -0.4 is 15.9 Å². The van der Waals surface area contributed by atoms with Gasteiger partial charge < -0.3 is 4.57 Å². The Bertz CT molecular complexity index is 2830. The molecule has 0 N–H and O–H groups in total. The van der Waals surface area contributed by atoms with Crippen LogP contribution in [-0.2, 0) is 9.98 Å². The molecular weight excluding hydrogens is 627 g/mol. The number of nitrogens with zero attached hydrogens (tertiary/aromatic N) is 2. The lowest BCUT2D eigenvalue weighted by atomic mass is 9.81. The zero-order valence-corrected chi connectivity index (χ0v) is 28.7. The van der Waals surface area contributed by atoms with Crippen molar-refractivity contribution < 1.29 is 4.57 Å². The molecule has 10 rings (SSSR count). The second-order valence-electron chi connectivity index (χ2n) is 13.9. The maximum atomic E-state index is 15.3. The summed E-state index contributed by atoms with van der Waals surface area (Å²) in [4.78, 5) is 5.15. The van der Waals surface area contributed by atoms with E-state index >= 15 is 4.57 Å². The van der Waals surface area contributed by atoms with Gasteiger partial charge in [-0.05, 0) is 75.2 Å². The molecule has 0 spiro atoms. The maximum absolute atomic E-state index is 15.3. The predicted molar refractivity (Wildman–Crippen MR) is 210 cm³/mol. The predicted octanol–water partition coefficient (Wildman–Crippen LogP) is 10.4.